The second kappa shape index (κ2) is 5.70. The van der Waals surface area contributed by atoms with Crippen molar-refractivity contribution in [2.75, 3.05) is 6.54 Å². The molecule has 0 saturated heterocycles. The third kappa shape index (κ3) is 2.95. The minimum absolute atomic E-state index is 0.151. The predicted octanol–water partition coefficient (Wildman–Crippen LogP) is 3.35. The highest BCUT2D eigenvalue weighted by molar-refractivity contribution is 5.44. The Morgan fingerprint density at radius 2 is 2.00 bits per heavy atom. The first kappa shape index (κ1) is 14.0. The first-order valence-electron chi connectivity index (χ1n) is 7.01. The van der Waals surface area contributed by atoms with Gasteiger partial charge in [-0.25, -0.2) is 0 Å². The molecule has 0 bridgehead atoms. The van der Waals surface area contributed by atoms with E-state index in [1.807, 2.05) is 13.0 Å². The average molecular weight is 262 g/mol. The van der Waals surface area contributed by atoms with E-state index in [1.54, 1.807) is 12.1 Å². The Labute approximate surface area is 114 Å². The van der Waals surface area contributed by atoms with Gasteiger partial charge in [-0.1, -0.05) is 31.4 Å². The Bertz CT molecular complexity index is 465. The Morgan fingerprint density at radius 3 is 2.58 bits per heavy atom. The van der Waals surface area contributed by atoms with Gasteiger partial charge in [0.15, 0.2) is 0 Å². The van der Waals surface area contributed by atoms with Crippen LogP contribution < -0.4 is 5.73 Å². The maximum Gasteiger partial charge on any atom is 0.272 e. The van der Waals surface area contributed by atoms with E-state index in [4.69, 9.17) is 5.73 Å². The molecule has 0 atom stereocenters. The summed E-state index contributed by atoms with van der Waals surface area (Å²) in [5.74, 6) is 0. The Hall–Kier alpha value is -1.42. The van der Waals surface area contributed by atoms with Crippen LogP contribution >= 0.6 is 0 Å². The molecule has 4 heteroatoms. The SMILES string of the molecule is Cc1c(CC2(CN)CCCCC2)cccc1[N+](=O)[O-]. The van der Waals surface area contributed by atoms with Crippen LogP contribution in [0.5, 0.6) is 0 Å². The van der Waals surface area contributed by atoms with E-state index in [1.165, 1.54) is 19.3 Å². The summed E-state index contributed by atoms with van der Waals surface area (Å²) in [4.78, 5) is 10.7. The minimum atomic E-state index is -0.297. The maximum atomic E-state index is 11.0. The van der Waals surface area contributed by atoms with Crippen LogP contribution in [0.25, 0.3) is 0 Å². The number of rotatable bonds is 4. The highest BCUT2D eigenvalue weighted by Gasteiger charge is 2.31. The van der Waals surface area contributed by atoms with Gasteiger partial charge in [0, 0.05) is 11.6 Å². The molecule has 1 aromatic rings. The van der Waals surface area contributed by atoms with Gasteiger partial charge < -0.3 is 5.73 Å². The third-order valence-electron chi connectivity index (χ3n) is 4.53. The van der Waals surface area contributed by atoms with Crippen LogP contribution in [0.2, 0.25) is 0 Å². The molecule has 1 aliphatic carbocycles. The molecule has 1 aliphatic rings. The highest BCUT2D eigenvalue weighted by Crippen LogP contribution is 2.39. The molecule has 0 unspecified atom stereocenters. The summed E-state index contributed by atoms with van der Waals surface area (Å²) >= 11 is 0. The Morgan fingerprint density at radius 1 is 1.32 bits per heavy atom. The summed E-state index contributed by atoms with van der Waals surface area (Å²) in [5, 5.41) is 11.0. The summed E-state index contributed by atoms with van der Waals surface area (Å²) in [6, 6.07) is 5.37. The lowest BCUT2D eigenvalue weighted by atomic mass is 9.70. The molecule has 104 valence electrons. The first-order valence-corrected chi connectivity index (χ1v) is 7.01. The van der Waals surface area contributed by atoms with Crippen molar-refractivity contribution in [3.63, 3.8) is 0 Å². The zero-order valence-electron chi connectivity index (χ0n) is 11.5. The van der Waals surface area contributed by atoms with Crippen LogP contribution in [-0.2, 0) is 6.42 Å². The van der Waals surface area contributed by atoms with E-state index in [0.29, 0.717) is 6.54 Å². The lowest BCUT2D eigenvalue weighted by Crippen LogP contribution is -2.35. The van der Waals surface area contributed by atoms with E-state index in [-0.39, 0.29) is 16.0 Å². The third-order valence-corrected chi connectivity index (χ3v) is 4.53. The zero-order chi connectivity index (χ0) is 13.9. The fraction of sp³-hybridized carbons (Fsp3) is 0.600. The molecule has 1 saturated carbocycles. The van der Waals surface area contributed by atoms with E-state index in [0.717, 1.165) is 30.4 Å². The van der Waals surface area contributed by atoms with Crippen LogP contribution in [0.3, 0.4) is 0 Å². The molecule has 2 rings (SSSR count). The van der Waals surface area contributed by atoms with Gasteiger partial charge in [-0.3, -0.25) is 10.1 Å². The maximum absolute atomic E-state index is 11.0. The Balaban J connectivity index is 2.27. The van der Waals surface area contributed by atoms with E-state index < -0.39 is 0 Å². The molecule has 2 N–H and O–H groups in total. The first-order chi connectivity index (χ1) is 9.08. The van der Waals surface area contributed by atoms with Gasteiger partial charge in [0.05, 0.1) is 4.92 Å². The average Bonchev–Trinajstić information content (AvgIpc) is 2.42. The molecule has 1 fully saturated rings. The molecular weight excluding hydrogens is 240 g/mol. The number of nitrogens with zero attached hydrogens (tertiary/aromatic N) is 1. The number of hydrogen-bond donors (Lipinski definition) is 1. The van der Waals surface area contributed by atoms with Gasteiger partial charge in [0.25, 0.3) is 5.69 Å². The lowest BCUT2D eigenvalue weighted by molar-refractivity contribution is -0.385. The zero-order valence-corrected chi connectivity index (χ0v) is 11.5. The van der Waals surface area contributed by atoms with Crippen molar-refractivity contribution in [2.45, 2.75) is 45.4 Å². The van der Waals surface area contributed by atoms with Crippen LogP contribution in [0.1, 0.15) is 43.2 Å². The predicted molar refractivity (Wildman–Crippen MR) is 76.1 cm³/mol. The minimum Gasteiger partial charge on any atom is -0.330 e. The largest absolute Gasteiger partial charge is 0.330 e. The quantitative estimate of drug-likeness (QED) is 0.668. The van der Waals surface area contributed by atoms with Crippen molar-refractivity contribution in [1.29, 1.82) is 0 Å². The second-order valence-electron chi connectivity index (χ2n) is 5.76. The van der Waals surface area contributed by atoms with E-state index in [9.17, 15) is 10.1 Å². The summed E-state index contributed by atoms with van der Waals surface area (Å²) in [6.07, 6.45) is 6.90. The Kier molecular flexibility index (Phi) is 4.20. The molecule has 1 aromatic carbocycles. The number of nitro groups is 1. The summed E-state index contributed by atoms with van der Waals surface area (Å²) in [7, 11) is 0. The van der Waals surface area contributed by atoms with Crippen LogP contribution in [-0.4, -0.2) is 11.5 Å². The molecule has 0 spiro atoms. The summed E-state index contributed by atoms with van der Waals surface area (Å²) < 4.78 is 0. The van der Waals surface area contributed by atoms with Crippen LogP contribution in [0, 0.1) is 22.5 Å². The molecule has 0 heterocycles. The standard InChI is InChI=1S/C15H22N2O2/c1-12-13(6-5-7-14(12)17(18)19)10-15(11-16)8-3-2-4-9-15/h5-7H,2-4,8-11,16H2,1H3. The number of nitro benzene ring substituents is 1. The van der Waals surface area contributed by atoms with Crippen molar-refractivity contribution in [3.8, 4) is 0 Å². The monoisotopic (exact) mass is 262 g/mol. The number of hydrogen-bond acceptors (Lipinski definition) is 3. The van der Waals surface area contributed by atoms with Gasteiger partial charge in [0.2, 0.25) is 0 Å². The lowest BCUT2D eigenvalue weighted by Gasteiger charge is -2.36. The van der Waals surface area contributed by atoms with Crippen molar-refractivity contribution >= 4 is 5.69 Å². The molecule has 0 amide bonds. The van der Waals surface area contributed by atoms with E-state index in [2.05, 4.69) is 0 Å². The molecule has 0 aromatic heterocycles. The highest BCUT2D eigenvalue weighted by atomic mass is 16.6. The van der Waals surface area contributed by atoms with Crippen molar-refractivity contribution in [2.24, 2.45) is 11.1 Å². The van der Waals surface area contributed by atoms with Gasteiger partial charge in [-0.05, 0) is 43.7 Å². The van der Waals surface area contributed by atoms with Crippen molar-refractivity contribution < 1.29 is 4.92 Å². The summed E-state index contributed by atoms with van der Waals surface area (Å²) in [5.41, 5.74) is 8.26. The molecular formula is C15H22N2O2. The van der Waals surface area contributed by atoms with Crippen LogP contribution in [0.15, 0.2) is 18.2 Å². The van der Waals surface area contributed by atoms with Crippen LogP contribution in [0.4, 0.5) is 5.69 Å². The molecule has 19 heavy (non-hydrogen) atoms. The number of benzene rings is 1. The van der Waals surface area contributed by atoms with Gasteiger partial charge in [0.1, 0.15) is 0 Å². The second-order valence-corrected chi connectivity index (χ2v) is 5.76. The van der Waals surface area contributed by atoms with Gasteiger partial charge in [-0.2, -0.15) is 0 Å². The smallest absolute Gasteiger partial charge is 0.272 e. The van der Waals surface area contributed by atoms with Gasteiger partial charge >= 0.3 is 0 Å². The van der Waals surface area contributed by atoms with Gasteiger partial charge in [-0.15, -0.1) is 0 Å². The van der Waals surface area contributed by atoms with Crippen molar-refractivity contribution in [1.82, 2.24) is 0 Å². The fourth-order valence-electron chi connectivity index (χ4n) is 3.22. The molecule has 0 aliphatic heterocycles. The van der Waals surface area contributed by atoms with E-state index >= 15 is 0 Å². The summed E-state index contributed by atoms with van der Waals surface area (Å²) in [6.45, 7) is 2.52. The molecule has 4 nitrogen and oxygen atoms in total. The fourth-order valence-corrected chi connectivity index (χ4v) is 3.22. The normalized spacial score (nSPS) is 18.2. The molecule has 0 radical (unpaired) electrons. The topological polar surface area (TPSA) is 69.2 Å². The van der Waals surface area contributed by atoms with Crippen molar-refractivity contribution in [3.05, 3.63) is 39.4 Å². The number of nitrogens with two attached hydrogens (primary N) is 1.